The van der Waals surface area contributed by atoms with Gasteiger partial charge in [0.05, 0.1) is 91.4 Å². The van der Waals surface area contributed by atoms with E-state index in [1.807, 2.05) is 11.8 Å². The highest BCUT2D eigenvalue weighted by Gasteiger charge is 2.42. The molecule has 0 spiro atoms. The molecule has 0 aliphatic carbocycles. The lowest BCUT2D eigenvalue weighted by Crippen LogP contribution is -2.36. The van der Waals surface area contributed by atoms with Crippen LogP contribution in [0.2, 0.25) is 0 Å². The average molecular weight is 702 g/mol. The van der Waals surface area contributed by atoms with E-state index < -0.39 is 11.8 Å². The van der Waals surface area contributed by atoms with Crippen LogP contribution in [0.25, 0.3) is 0 Å². The first kappa shape index (κ1) is 39.6. The number of imide groups is 1. The Bertz CT molecular complexity index is 1020. The standard InChI is InChI=1S/C31H51N5O11S/c37-26(4-2-1-3-25-30-24(23-48-25)34-31(41)35-30)32-8-11-42-13-15-44-17-19-46-21-22-47-20-18-45-16-14-43-12-9-33-27(38)7-10-36-28(39)5-6-29(36)40/h5-6,24-25,30H,1-4,7-23H2,(H,32,37)(H,33,38)(H2,34,35,41). The van der Waals surface area contributed by atoms with Gasteiger partial charge in [0.1, 0.15) is 0 Å². The molecule has 0 radical (unpaired) electrons. The van der Waals surface area contributed by atoms with E-state index in [-0.39, 0.29) is 42.9 Å². The van der Waals surface area contributed by atoms with Gasteiger partial charge >= 0.3 is 6.03 Å². The molecule has 3 aliphatic rings. The quantitative estimate of drug-likeness (QED) is 0.0439. The van der Waals surface area contributed by atoms with Crippen LogP contribution in [-0.4, -0.2) is 157 Å². The number of thioether (sulfide) groups is 1. The van der Waals surface area contributed by atoms with Crippen LogP contribution in [0.15, 0.2) is 12.2 Å². The second-order valence-corrected chi connectivity index (χ2v) is 12.4. The molecule has 3 rings (SSSR count). The summed E-state index contributed by atoms with van der Waals surface area (Å²) in [6.07, 6.45) is 5.73. The molecule has 3 atom stereocenters. The molecule has 3 heterocycles. The molecule has 4 N–H and O–H groups in total. The number of rotatable bonds is 29. The fourth-order valence-electron chi connectivity index (χ4n) is 5.04. The average Bonchev–Trinajstić information content (AvgIpc) is 3.73. The van der Waals surface area contributed by atoms with Crippen molar-refractivity contribution in [2.75, 3.05) is 105 Å². The number of nitrogens with one attached hydrogen (secondary N) is 4. The normalized spacial score (nSPS) is 19.9. The molecule has 272 valence electrons. The Hall–Kier alpha value is -2.80. The van der Waals surface area contributed by atoms with E-state index in [0.717, 1.165) is 29.9 Å². The molecule has 6 amide bonds. The number of nitrogens with zero attached hydrogens (tertiary/aromatic N) is 1. The highest BCUT2D eigenvalue weighted by Crippen LogP contribution is 2.33. The van der Waals surface area contributed by atoms with E-state index in [4.69, 9.17) is 28.4 Å². The van der Waals surface area contributed by atoms with Crippen molar-refractivity contribution in [3.05, 3.63) is 12.2 Å². The predicted molar refractivity (Wildman–Crippen MR) is 175 cm³/mol. The number of hydrogen-bond acceptors (Lipinski definition) is 12. The fraction of sp³-hybridized carbons (Fsp3) is 0.774. The summed E-state index contributed by atoms with van der Waals surface area (Å²) in [6.45, 7) is 5.96. The van der Waals surface area contributed by atoms with Gasteiger partial charge in [0, 0.05) is 55.6 Å². The monoisotopic (exact) mass is 701 g/mol. The zero-order chi connectivity index (χ0) is 34.2. The molecule has 0 aromatic heterocycles. The molecule has 17 heteroatoms. The van der Waals surface area contributed by atoms with Crippen molar-refractivity contribution >= 4 is 41.4 Å². The summed E-state index contributed by atoms with van der Waals surface area (Å²) in [4.78, 5) is 59.2. The highest BCUT2D eigenvalue weighted by atomic mass is 32.2. The van der Waals surface area contributed by atoms with E-state index in [2.05, 4.69) is 21.3 Å². The Morgan fingerprint density at radius 3 is 1.69 bits per heavy atom. The van der Waals surface area contributed by atoms with E-state index in [0.29, 0.717) is 104 Å². The zero-order valence-corrected chi connectivity index (χ0v) is 28.4. The minimum absolute atomic E-state index is 0.0311. The van der Waals surface area contributed by atoms with Crippen molar-refractivity contribution in [2.45, 2.75) is 49.4 Å². The van der Waals surface area contributed by atoms with Crippen molar-refractivity contribution in [3.8, 4) is 0 Å². The minimum Gasteiger partial charge on any atom is -0.377 e. The summed E-state index contributed by atoms with van der Waals surface area (Å²) in [6, 6.07) is 0.386. The van der Waals surface area contributed by atoms with Gasteiger partial charge in [-0.2, -0.15) is 11.8 Å². The Kier molecular flexibility index (Phi) is 20.1. The SMILES string of the molecule is O=C(CCCCC1SCC2NC(=O)NC21)NCCOCCOCCOCCOCCOCCOCCNC(=O)CCN1C(=O)C=CC1=O. The maximum absolute atomic E-state index is 12.0. The summed E-state index contributed by atoms with van der Waals surface area (Å²) in [5, 5.41) is 11.9. The Morgan fingerprint density at radius 1 is 0.688 bits per heavy atom. The lowest BCUT2D eigenvalue weighted by molar-refractivity contribution is -0.137. The summed E-state index contributed by atoms with van der Waals surface area (Å²) >= 11 is 1.89. The van der Waals surface area contributed by atoms with Crippen LogP contribution in [-0.2, 0) is 47.6 Å². The second-order valence-electron chi connectivity index (χ2n) is 11.2. The molecular weight excluding hydrogens is 650 g/mol. The van der Waals surface area contributed by atoms with Crippen LogP contribution in [0, 0.1) is 0 Å². The van der Waals surface area contributed by atoms with Gasteiger partial charge in [-0.05, 0) is 12.8 Å². The molecular formula is C31H51N5O11S. The molecule has 3 unspecified atom stereocenters. The summed E-state index contributed by atoms with van der Waals surface area (Å²) in [7, 11) is 0. The van der Waals surface area contributed by atoms with E-state index in [9.17, 15) is 24.0 Å². The molecule has 0 bridgehead atoms. The molecule has 3 aliphatic heterocycles. The first-order chi connectivity index (χ1) is 23.4. The van der Waals surface area contributed by atoms with Crippen molar-refractivity contribution < 1.29 is 52.4 Å². The minimum atomic E-state index is -0.400. The number of hydrogen-bond donors (Lipinski definition) is 4. The number of ether oxygens (including phenoxy) is 6. The topological polar surface area (TPSA) is 192 Å². The predicted octanol–water partition coefficient (Wildman–Crippen LogP) is -0.641. The van der Waals surface area contributed by atoms with E-state index in [1.54, 1.807) is 0 Å². The van der Waals surface area contributed by atoms with Gasteiger partial charge in [0.2, 0.25) is 11.8 Å². The second kappa shape index (κ2) is 24.4. The third-order valence-corrected chi connectivity index (χ3v) is 9.05. The summed E-state index contributed by atoms with van der Waals surface area (Å²) in [5.74, 6) is -0.0724. The molecule has 0 saturated carbocycles. The van der Waals surface area contributed by atoms with Crippen LogP contribution in [0.3, 0.4) is 0 Å². The van der Waals surface area contributed by atoms with Gasteiger partial charge in [0.15, 0.2) is 0 Å². The third-order valence-electron chi connectivity index (χ3n) is 7.54. The Balaban J connectivity index is 0.945. The van der Waals surface area contributed by atoms with Crippen LogP contribution in [0.5, 0.6) is 0 Å². The van der Waals surface area contributed by atoms with Gasteiger partial charge in [-0.3, -0.25) is 24.1 Å². The fourth-order valence-corrected chi connectivity index (χ4v) is 6.59. The van der Waals surface area contributed by atoms with Crippen LogP contribution in [0.4, 0.5) is 4.79 Å². The number of fused-ring (bicyclic) bond motifs is 1. The molecule has 0 aromatic rings. The Labute approximate surface area is 286 Å². The largest absolute Gasteiger partial charge is 0.377 e. The molecule has 0 aromatic carbocycles. The molecule has 2 fully saturated rings. The van der Waals surface area contributed by atoms with E-state index >= 15 is 0 Å². The van der Waals surface area contributed by atoms with Crippen molar-refractivity contribution in [3.63, 3.8) is 0 Å². The van der Waals surface area contributed by atoms with Crippen molar-refractivity contribution in [2.24, 2.45) is 0 Å². The van der Waals surface area contributed by atoms with Crippen molar-refractivity contribution in [1.29, 1.82) is 0 Å². The smallest absolute Gasteiger partial charge is 0.315 e. The van der Waals surface area contributed by atoms with Gasteiger partial charge in [-0.15, -0.1) is 0 Å². The first-order valence-corrected chi connectivity index (χ1v) is 17.7. The molecule has 16 nitrogen and oxygen atoms in total. The maximum Gasteiger partial charge on any atom is 0.315 e. The third kappa shape index (κ3) is 16.5. The summed E-state index contributed by atoms with van der Waals surface area (Å²) in [5.41, 5.74) is 0. The van der Waals surface area contributed by atoms with Gasteiger partial charge in [0.25, 0.3) is 11.8 Å². The first-order valence-electron chi connectivity index (χ1n) is 16.7. The summed E-state index contributed by atoms with van der Waals surface area (Å²) < 4.78 is 32.7. The lowest BCUT2D eigenvalue weighted by atomic mass is 10.0. The van der Waals surface area contributed by atoms with Crippen LogP contribution in [0.1, 0.15) is 32.1 Å². The number of carbonyl (C=O) groups is 5. The van der Waals surface area contributed by atoms with Gasteiger partial charge < -0.3 is 49.7 Å². The maximum atomic E-state index is 12.0. The van der Waals surface area contributed by atoms with E-state index in [1.165, 1.54) is 12.2 Å². The number of urea groups is 1. The van der Waals surface area contributed by atoms with Crippen LogP contribution >= 0.6 is 11.8 Å². The highest BCUT2D eigenvalue weighted by molar-refractivity contribution is 8.00. The van der Waals surface area contributed by atoms with Gasteiger partial charge in [-0.25, -0.2) is 4.79 Å². The molecule has 48 heavy (non-hydrogen) atoms. The van der Waals surface area contributed by atoms with Crippen molar-refractivity contribution in [1.82, 2.24) is 26.2 Å². The number of unbranched alkanes of at least 4 members (excludes halogenated alkanes) is 1. The van der Waals surface area contributed by atoms with Gasteiger partial charge in [-0.1, -0.05) is 6.42 Å². The number of amides is 6. The number of carbonyl (C=O) groups excluding carboxylic acids is 5. The van der Waals surface area contributed by atoms with Crippen LogP contribution < -0.4 is 21.3 Å². The Morgan fingerprint density at radius 2 is 1.17 bits per heavy atom. The zero-order valence-electron chi connectivity index (χ0n) is 27.6. The lowest BCUT2D eigenvalue weighted by Gasteiger charge is -2.16. The molecule has 2 saturated heterocycles.